The number of hydrogen-bond acceptors (Lipinski definition) is 6. The van der Waals surface area contributed by atoms with Crippen LogP contribution >= 0.6 is 0 Å². The van der Waals surface area contributed by atoms with Crippen molar-refractivity contribution < 1.29 is 4.74 Å². The summed E-state index contributed by atoms with van der Waals surface area (Å²) in [5, 5.41) is 7.87. The lowest BCUT2D eigenvalue weighted by Gasteiger charge is -2.27. The summed E-state index contributed by atoms with van der Waals surface area (Å²) in [7, 11) is 2.05. The van der Waals surface area contributed by atoms with Crippen LogP contribution in [0.25, 0.3) is 5.65 Å². The highest BCUT2D eigenvalue weighted by molar-refractivity contribution is 5.59. The van der Waals surface area contributed by atoms with E-state index in [4.69, 9.17) is 10.5 Å². The van der Waals surface area contributed by atoms with E-state index in [0.717, 1.165) is 25.0 Å². The first-order chi connectivity index (χ1) is 11.7. The number of fused-ring (bicyclic) bond motifs is 1. The van der Waals surface area contributed by atoms with Crippen LogP contribution in [0.1, 0.15) is 51.1 Å². The van der Waals surface area contributed by atoms with Crippen LogP contribution < -0.4 is 15.8 Å². The standard InChI is InChI=1S/C17H28N6O/c1-3-4-9-24-17-21-15(18)16-20-11-14(23(16)22-17)10-12-5-7-13(19-2)8-6-12/h11-13,19H,3-10H2,1-2H3,(H2,18,21,22). The number of anilines is 1. The van der Waals surface area contributed by atoms with Crippen molar-refractivity contribution in [3.63, 3.8) is 0 Å². The normalized spacial score (nSPS) is 21.2. The van der Waals surface area contributed by atoms with Gasteiger partial charge in [0.25, 0.3) is 0 Å². The zero-order chi connectivity index (χ0) is 16.9. The number of ether oxygens (including phenoxy) is 1. The number of rotatable bonds is 7. The van der Waals surface area contributed by atoms with Gasteiger partial charge in [-0.1, -0.05) is 13.3 Å². The van der Waals surface area contributed by atoms with Crippen molar-refractivity contribution in [2.24, 2.45) is 5.92 Å². The summed E-state index contributed by atoms with van der Waals surface area (Å²) in [5.41, 5.74) is 7.73. The van der Waals surface area contributed by atoms with Crippen molar-refractivity contribution in [1.82, 2.24) is 24.9 Å². The topological polar surface area (TPSA) is 90.4 Å². The molecule has 1 aliphatic carbocycles. The first-order valence-corrected chi connectivity index (χ1v) is 9.01. The Labute approximate surface area is 143 Å². The van der Waals surface area contributed by atoms with Gasteiger partial charge in [-0.15, -0.1) is 5.10 Å². The molecule has 0 spiro atoms. The Balaban J connectivity index is 1.73. The van der Waals surface area contributed by atoms with E-state index in [2.05, 4.69) is 34.4 Å². The molecule has 3 rings (SSSR count). The highest BCUT2D eigenvalue weighted by atomic mass is 16.5. The van der Waals surface area contributed by atoms with Crippen molar-refractivity contribution in [1.29, 1.82) is 0 Å². The maximum atomic E-state index is 6.02. The van der Waals surface area contributed by atoms with Gasteiger partial charge >= 0.3 is 6.01 Å². The average Bonchev–Trinajstić information content (AvgIpc) is 2.99. The molecule has 0 aliphatic heterocycles. The minimum absolute atomic E-state index is 0.339. The van der Waals surface area contributed by atoms with E-state index in [0.29, 0.717) is 36.0 Å². The van der Waals surface area contributed by atoms with Gasteiger partial charge in [-0.05, 0) is 51.5 Å². The molecule has 2 heterocycles. The maximum absolute atomic E-state index is 6.02. The number of nitrogens with two attached hydrogens (primary N) is 1. The largest absolute Gasteiger partial charge is 0.462 e. The molecule has 0 aromatic carbocycles. The van der Waals surface area contributed by atoms with Gasteiger partial charge in [0.2, 0.25) is 0 Å². The second-order valence-corrected chi connectivity index (χ2v) is 6.68. The average molecular weight is 332 g/mol. The summed E-state index contributed by atoms with van der Waals surface area (Å²) in [6.45, 7) is 2.73. The molecule has 1 fully saturated rings. The SMILES string of the molecule is CCCCOc1nc(N)c2ncc(CC3CCC(NC)CC3)n2n1. The van der Waals surface area contributed by atoms with E-state index in [9.17, 15) is 0 Å². The van der Waals surface area contributed by atoms with Gasteiger partial charge in [-0.25, -0.2) is 9.50 Å². The molecule has 0 unspecified atom stereocenters. The fourth-order valence-corrected chi connectivity index (χ4v) is 3.39. The first-order valence-electron chi connectivity index (χ1n) is 9.01. The van der Waals surface area contributed by atoms with Gasteiger partial charge in [-0.2, -0.15) is 4.98 Å². The first kappa shape index (κ1) is 17.0. The molecule has 7 heteroatoms. The molecule has 1 aliphatic rings. The Bertz CT molecular complexity index is 662. The number of nitrogens with zero attached hydrogens (tertiary/aromatic N) is 4. The molecule has 3 N–H and O–H groups in total. The summed E-state index contributed by atoms with van der Waals surface area (Å²) in [6.07, 6.45) is 9.85. The summed E-state index contributed by atoms with van der Waals surface area (Å²) in [6, 6.07) is 1.01. The van der Waals surface area contributed by atoms with Crippen LogP contribution in [0.3, 0.4) is 0 Å². The third kappa shape index (κ3) is 3.77. The number of nitrogens with one attached hydrogen (secondary N) is 1. The minimum Gasteiger partial charge on any atom is -0.462 e. The number of nitrogen functional groups attached to an aromatic ring is 1. The summed E-state index contributed by atoms with van der Waals surface area (Å²) in [4.78, 5) is 8.60. The Morgan fingerprint density at radius 1 is 1.33 bits per heavy atom. The summed E-state index contributed by atoms with van der Waals surface area (Å²) >= 11 is 0. The van der Waals surface area contributed by atoms with E-state index >= 15 is 0 Å². The smallest absolute Gasteiger partial charge is 0.336 e. The molecule has 7 nitrogen and oxygen atoms in total. The van der Waals surface area contributed by atoms with Gasteiger partial charge in [-0.3, -0.25) is 0 Å². The molecule has 0 amide bonds. The lowest BCUT2D eigenvalue weighted by molar-refractivity contribution is 0.279. The van der Waals surface area contributed by atoms with Gasteiger partial charge in [0, 0.05) is 6.04 Å². The Hall–Kier alpha value is -1.89. The van der Waals surface area contributed by atoms with Gasteiger partial charge in [0.15, 0.2) is 11.5 Å². The zero-order valence-electron chi connectivity index (χ0n) is 14.7. The van der Waals surface area contributed by atoms with Crippen LogP contribution in [-0.2, 0) is 6.42 Å². The van der Waals surface area contributed by atoms with Crippen LogP contribution in [-0.4, -0.2) is 39.3 Å². The third-order valence-corrected chi connectivity index (χ3v) is 4.92. The van der Waals surface area contributed by atoms with E-state index < -0.39 is 0 Å². The number of unbranched alkanes of at least 4 members (excludes halogenated alkanes) is 1. The Kier molecular flexibility index (Phi) is 5.50. The van der Waals surface area contributed by atoms with Crippen molar-refractivity contribution in [2.75, 3.05) is 19.4 Å². The molecule has 0 saturated heterocycles. The van der Waals surface area contributed by atoms with Crippen molar-refractivity contribution in [2.45, 2.75) is 57.9 Å². The lowest BCUT2D eigenvalue weighted by Crippen LogP contribution is -2.30. The summed E-state index contributed by atoms with van der Waals surface area (Å²) in [5.74, 6) is 1.05. The van der Waals surface area contributed by atoms with Crippen molar-refractivity contribution in [3.8, 4) is 6.01 Å². The minimum atomic E-state index is 0.339. The zero-order valence-corrected chi connectivity index (χ0v) is 14.7. The maximum Gasteiger partial charge on any atom is 0.336 e. The number of hydrogen-bond donors (Lipinski definition) is 2. The molecule has 0 bridgehead atoms. The van der Waals surface area contributed by atoms with Crippen molar-refractivity contribution in [3.05, 3.63) is 11.9 Å². The van der Waals surface area contributed by atoms with Gasteiger partial charge in [0.05, 0.1) is 18.5 Å². The van der Waals surface area contributed by atoms with Crippen molar-refractivity contribution >= 4 is 11.5 Å². The van der Waals surface area contributed by atoms with Crippen LogP contribution in [0.15, 0.2) is 6.20 Å². The van der Waals surface area contributed by atoms with E-state index in [-0.39, 0.29) is 0 Å². The molecule has 2 aromatic heterocycles. The predicted molar refractivity (Wildman–Crippen MR) is 94.1 cm³/mol. The Morgan fingerprint density at radius 2 is 2.12 bits per heavy atom. The van der Waals surface area contributed by atoms with Crippen LogP contribution in [0, 0.1) is 5.92 Å². The molecule has 132 valence electrons. The second-order valence-electron chi connectivity index (χ2n) is 6.68. The van der Waals surface area contributed by atoms with Crippen LogP contribution in [0.5, 0.6) is 6.01 Å². The van der Waals surface area contributed by atoms with Gasteiger partial charge < -0.3 is 15.8 Å². The molecule has 1 saturated carbocycles. The molecule has 0 radical (unpaired) electrons. The third-order valence-electron chi connectivity index (χ3n) is 4.92. The van der Waals surface area contributed by atoms with E-state index in [1.165, 1.54) is 25.7 Å². The van der Waals surface area contributed by atoms with Crippen LogP contribution in [0.2, 0.25) is 0 Å². The fourth-order valence-electron chi connectivity index (χ4n) is 3.39. The molecular weight excluding hydrogens is 304 g/mol. The summed E-state index contributed by atoms with van der Waals surface area (Å²) < 4.78 is 7.43. The predicted octanol–water partition coefficient (Wildman–Crippen LogP) is 2.21. The molecule has 2 aromatic rings. The van der Waals surface area contributed by atoms with Gasteiger partial charge in [0.1, 0.15) is 0 Å². The number of aromatic nitrogens is 4. The second kappa shape index (κ2) is 7.79. The lowest BCUT2D eigenvalue weighted by atomic mass is 9.83. The monoisotopic (exact) mass is 332 g/mol. The van der Waals surface area contributed by atoms with E-state index in [1.807, 2.05) is 10.7 Å². The highest BCUT2D eigenvalue weighted by Gasteiger charge is 2.22. The molecule has 0 atom stereocenters. The fraction of sp³-hybridized carbons (Fsp3) is 0.706. The quantitative estimate of drug-likeness (QED) is 0.756. The van der Waals surface area contributed by atoms with Crippen LogP contribution in [0.4, 0.5) is 5.82 Å². The molecular formula is C17H28N6O. The molecule has 24 heavy (non-hydrogen) atoms. The number of imidazole rings is 1. The highest BCUT2D eigenvalue weighted by Crippen LogP contribution is 2.27. The van der Waals surface area contributed by atoms with E-state index in [1.54, 1.807) is 0 Å². The Morgan fingerprint density at radius 3 is 2.83 bits per heavy atom.